The summed E-state index contributed by atoms with van der Waals surface area (Å²) >= 11 is 0. The minimum atomic E-state index is -0.923. The second-order valence-corrected chi connectivity index (χ2v) is 12.7. The Hall–Kier alpha value is -3.50. The van der Waals surface area contributed by atoms with Gasteiger partial charge in [-0.05, 0) is 60.4 Å². The molecule has 0 bridgehead atoms. The Morgan fingerprint density at radius 1 is 0.814 bits per heavy atom. The number of hydrogen-bond acceptors (Lipinski definition) is 9. The number of carboxylic acid groups (broad SMARTS) is 1. The van der Waals surface area contributed by atoms with Gasteiger partial charge in [-0.15, -0.1) is 0 Å². The number of aliphatic carboxylic acids is 1. The number of carbonyl (C=O) groups is 4. The summed E-state index contributed by atoms with van der Waals surface area (Å²) in [5.41, 5.74) is 17.5. The summed E-state index contributed by atoms with van der Waals surface area (Å²) in [6.45, 7) is 15.2. The molecule has 2 aliphatic heterocycles. The molecule has 2 heterocycles. The summed E-state index contributed by atoms with van der Waals surface area (Å²) in [4.78, 5) is 52.5. The molecule has 0 aromatic rings. The molecule has 2 saturated heterocycles. The van der Waals surface area contributed by atoms with E-state index in [1.807, 2.05) is 55.4 Å². The zero-order valence-electron chi connectivity index (χ0n) is 26.7. The molecule has 2 fully saturated rings. The van der Waals surface area contributed by atoms with E-state index in [0.717, 1.165) is 0 Å². The summed E-state index contributed by atoms with van der Waals surface area (Å²) in [6, 6.07) is -1.18. The van der Waals surface area contributed by atoms with Crippen LogP contribution in [0.5, 0.6) is 0 Å². The maximum absolute atomic E-state index is 11.9. The first-order valence-electron chi connectivity index (χ1n) is 14.9. The predicted octanol–water partition coefficient (Wildman–Crippen LogP) is 6.09. The number of azide groups is 2. The molecule has 242 valence electrons. The lowest BCUT2D eigenvalue weighted by Crippen LogP contribution is -2.32. The van der Waals surface area contributed by atoms with Crippen LogP contribution in [0, 0.1) is 47.3 Å². The average Bonchev–Trinajstić information content (AvgIpc) is 3.51. The molecular formula is C29H48N6O8. The molecule has 0 aromatic heterocycles. The lowest BCUT2D eigenvalue weighted by Gasteiger charge is -2.24. The quantitative estimate of drug-likeness (QED) is 0.0798. The van der Waals surface area contributed by atoms with Gasteiger partial charge in [0.2, 0.25) is 0 Å². The first kappa shape index (κ1) is 37.5. The minimum Gasteiger partial charge on any atom is -0.481 e. The number of carbonyl (C=O) groups excluding carboxylic acids is 3. The van der Waals surface area contributed by atoms with Crippen molar-refractivity contribution in [2.24, 2.45) is 57.6 Å². The number of methoxy groups -OCH3 is 1. The summed E-state index contributed by atoms with van der Waals surface area (Å²) in [5, 5.41) is 16.7. The topological polar surface area (TPSA) is 214 Å². The van der Waals surface area contributed by atoms with E-state index in [4.69, 9.17) is 25.3 Å². The number of cyclic esters (lactones) is 2. The molecule has 8 atom stereocenters. The Morgan fingerprint density at radius 2 is 1.19 bits per heavy atom. The standard InChI is InChI=1S/C15H25N3O4.C14H23N3O4/c1-8(2)10(14(19)21-5)6-12(17-18-16)13-7-11(9(3)4)15(20)22-13;1-7(2)9(13(18)19)5-11(16-17-15)12-6-10(8(3)4)14(20)21-12/h8-13H,6-7H2,1-5H3;7-12H,5-6H2,1-4H3,(H,18,19)/t10-,11-,12+,13-;9-,10-,11-,12?/m00/s1. The Kier molecular flexibility index (Phi) is 15.3. The van der Waals surface area contributed by atoms with Crippen LogP contribution in [-0.4, -0.2) is 60.4 Å². The van der Waals surface area contributed by atoms with E-state index in [1.54, 1.807) is 0 Å². The van der Waals surface area contributed by atoms with Gasteiger partial charge in [-0.25, -0.2) is 0 Å². The summed E-state index contributed by atoms with van der Waals surface area (Å²) in [7, 11) is 1.34. The molecule has 14 heteroatoms. The number of esters is 3. The molecule has 1 unspecified atom stereocenters. The molecule has 2 rings (SSSR count). The highest BCUT2D eigenvalue weighted by Gasteiger charge is 2.43. The van der Waals surface area contributed by atoms with Gasteiger partial charge >= 0.3 is 23.9 Å². The van der Waals surface area contributed by atoms with Crippen molar-refractivity contribution in [2.75, 3.05) is 7.11 Å². The van der Waals surface area contributed by atoms with Crippen LogP contribution in [0.25, 0.3) is 20.9 Å². The minimum absolute atomic E-state index is 0.0434. The molecule has 1 N–H and O–H groups in total. The third-order valence-electron chi connectivity index (χ3n) is 8.40. The molecule has 0 amide bonds. The molecule has 0 aromatic carbocycles. The molecule has 14 nitrogen and oxygen atoms in total. The molecular weight excluding hydrogens is 560 g/mol. The van der Waals surface area contributed by atoms with Crippen LogP contribution in [0.4, 0.5) is 0 Å². The van der Waals surface area contributed by atoms with Crippen LogP contribution in [0.2, 0.25) is 0 Å². The lowest BCUT2D eigenvalue weighted by molar-refractivity contribution is -0.149. The second kappa shape index (κ2) is 17.6. The normalized spacial score (nSPS) is 24.2. The SMILES string of the molecule is CC(C)[C@H](C[C@H](N=[N+]=[N-])C1C[C@@H](C(C)C)C(=O)O1)C(=O)O.COC(=O)[C@@H](C[C@@H](N=[N+]=[N-])[C@@H]1C[C@@H](C(C)C)C(=O)O1)C(C)C. The number of carboxylic acids is 1. The van der Waals surface area contributed by atoms with Crippen molar-refractivity contribution < 1.29 is 38.5 Å². The third-order valence-corrected chi connectivity index (χ3v) is 8.40. The highest BCUT2D eigenvalue weighted by molar-refractivity contribution is 5.76. The Balaban J connectivity index is 0.000000430. The fraction of sp³-hybridized carbons (Fsp3) is 0.862. The van der Waals surface area contributed by atoms with E-state index in [1.165, 1.54) is 7.11 Å². The van der Waals surface area contributed by atoms with Gasteiger partial charge < -0.3 is 19.3 Å². The molecule has 0 aliphatic carbocycles. The van der Waals surface area contributed by atoms with Crippen LogP contribution in [0.1, 0.15) is 81.1 Å². The van der Waals surface area contributed by atoms with Gasteiger partial charge in [0.1, 0.15) is 12.2 Å². The van der Waals surface area contributed by atoms with Gasteiger partial charge in [0, 0.05) is 9.82 Å². The van der Waals surface area contributed by atoms with E-state index >= 15 is 0 Å². The number of ether oxygens (including phenoxy) is 3. The lowest BCUT2D eigenvalue weighted by atomic mass is 9.85. The van der Waals surface area contributed by atoms with Crippen molar-refractivity contribution in [2.45, 2.75) is 105 Å². The fourth-order valence-corrected chi connectivity index (χ4v) is 5.47. The number of nitrogens with zero attached hydrogens (tertiary/aromatic N) is 6. The Bertz CT molecular complexity index is 1070. The van der Waals surface area contributed by atoms with E-state index < -0.39 is 42.1 Å². The first-order valence-corrected chi connectivity index (χ1v) is 14.9. The average molecular weight is 609 g/mol. The maximum atomic E-state index is 11.9. The van der Waals surface area contributed by atoms with Crippen molar-refractivity contribution in [1.29, 1.82) is 0 Å². The first-order chi connectivity index (χ1) is 20.1. The van der Waals surface area contributed by atoms with Crippen LogP contribution >= 0.6 is 0 Å². The summed E-state index contributed by atoms with van der Waals surface area (Å²) in [6.07, 6.45) is 0.497. The van der Waals surface area contributed by atoms with Crippen molar-refractivity contribution >= 4 is 23.9 Å². The summed E-state index contributed by atoms with van der Waals surface area (Å²) < 4.78 is 15.5. The van der Waals surface area contributed by atoms with E-state index in [9.17, 15) is 24.3 Å². The predicted molar refractivity (Wildman–Crippen MR) is 157 cm³/mol. The van der Waals surface area contributed by atoms with E-state index in [-0.39, 0.29) is 59.8 Å². The zero-order valence-corrected chi connectivity index (χ0v) is 26.7. The summed E-state index contributed by atoms with van der Waals surface area (Å²) in [5.74, 6) is -2.94. The number of rotatable bonds is 14. The maximum Gasteiger partial charge on any atom is 0.309 e. The highest BCUT2D eigenvalue weighted by atomic mass is 16.6. The number of hydrogen-bond donors (Lipinski definition) is 1. The molecule has 0 radical (unpaired) electrons. The Morgan fingerprint density at radius 3 is 1.44 bits per heavy atom. The van der Waals surface area contributed by atoms with Gasteiger partial charge in [0.15, 0.2) is 0 Å². The smallest absolute Gasteiger partial charge is 0.309 e. The van der Waals surface area contributed by atoms with Crippen molar-refractivity contribution in [3.63, 3.8) is 0 Å². The third kappa shape index (κ3) is 10.9. The Labute approximate surface area is 253 Å². The van der Waals surface area contributed by atoms with Crippen LogP contribution < -0.4 is 0 Å². The highest BCUT2D eigenvalue weighted by Crippen LogP contribution is 2.35. The van der Waals surface area contributed by atoms with Crippen LogP contribution in [0.15, 0.2) is 10.2 Å². The van der Waals surface area contributed by atoms with Gasteiger partial charge in [-0.3, -0.25) is 19.2 Å². The molecule has 2 aliphatic rings. The van der Waals surface area contributed by atoms with Crippen molar-refractivity contribution in [1.82, 2.24) is 0 Å². The van der Waals surface area contributed by atoms with Crippen molar-refractivity contribution in [3.05, 3.63) is 20.9 Å². The van der Waals surface area contributed by atoms with Crippen LogP contribution in [0.3, 0.4) is 0 Å². The van der Waals surface area contributed by atoms with Gasteiger partial charge in [0.05, 0.1) is 42.9 Å². The monoisotopic (exact) mass is 608 g/mol. The zero-order chi connectivity index (χ0) is 33.0. The molecule has 43 heavy (non-hydrogen) atoms. The largest absolute Gasteiger partial charge is 0.481 e. The molecule has 0 saturated carbocycles. The second-order valence-electron chi connectivity index (χ2n) is 12.7. The van der Waals surface area contributed by atoms with E-state index in [0.29, 0.717) is 19.3 Å². The van der Waals surface area contributed by atoms with Gasteiger partial charge in [-0.2, -0.15) is 0 Å². The fourth-order valence-electron chi connectivity index (χ4n) is 5.47. The van der Waals surface area contributed by atoms with Gasteiger partial charge in [-0.1, -0.05) is 65.6 Å². The van der Waals surface area contributed by atoms with E-state index in [2.05, 4.69) is 20.1 Å². The van der Waals surface area contributed by atoms with Crippen LogP contribution in [-0.2, 0) is 33.4 Å². The van der Waals surface area contributed by atoms with Gasteiger partial charge in [0.25, 0.3) is 0 Å². The molecule has 0 spiro atoms. The van der Waals surface area contributed by atoms with Crippen molar-refractivity contribution in [3.8, 4) is 0 Å².